The average molecular weight is 270 g/mol. The standard InChI is InChI=1S/C16H22N4/c1-2-4-15-14(3-1)18-13-20(15)10-9-19-8-6-16(12-19)5-7-17-11-16/h1-4,13,17H,5-12H2. The minimum Gasteiger partial charge on any atom is -0.329 e. The minimum atomic E-state index is 0.580. The highest BCUT2D eigenvalue weighted by Gasteiger charge is 2.39. The maximum Gasteiger partial charge on any atom is 0.0958 e. The first-order valence-electron chi connectivity index (χ1n) is 7.68. The molecule has 0 aliphatic carbocycles. The molecule has 2 aliphatic rings. The molecule has 4 heteroatoms. The van der Waals surface area contributed by atoms with Crippen LogP contribution in [0.1, 0.15) is 12.8 Å². The Balaban J connectivity index is 1.41. The third-order valence-corrected chi connectivity index (χ3v) is 5.03. The largest absolute Gasteiger partial charge is 0.329 e. The lowest BCUT2D eigenvalue weighted by Gasteiger charge is -2.22. The van der Waals surface area contributed by atoms with Gasteiger partial charge in [-0.2, -0.15) is 0 Å². The van der Waals surface area contributed by atoms with Crippen LogP contribution in [-0.4, -0.2) is 47.2 Å². The molecule has 1 unspecified atom stereocenters. The van der Waals surface area contributed by atoms with Crippen LogP contribution < -0.4 is 5.32 Å². The molecule has 0 amide bonds. The normalized spacial score (nSPS) is 27.0. The van der Waals surface area contributed by atoms with Crippen LogP contribution in [0.25, 0.3) is 11.0 Å². The van der Waals surface area contributed by atoms with E-state index in [2.05, 4.69) is 44.0 Å². The van der Waals surface area contributed by atoms with Crippen molar-refractivity contribution < 1.29 is 0 Å². The Hall–Kier alpha value is -1.39. The molecule has 2 fully saturated rings. The summed E-state index contributed by atoms with van der Waals surface area (Å²) in [6.07, 6.45) is 4.70. The number of nitrogens with one attached hydrogen (secondary N) is 1. The molecule has 4 nitrogen and oxygen atoms in total. The van der Waals surface area contributed by atoms with Crippen molar-refractivity contribution >= 4 is 11.0 Å². The zero-order chi connectivity index (χ0) is 13.4. The number of imidazole rings is 1. The summed E-state index contributed by atoms with van der Waals surface area (Å²) >= 11 is 0. The summed E-state index contributed by atoms with van der Waals surface area (Å²) in [5, 5.41) is 3.53. The second-order valence-corrected chi connectivity index (χ2v) is 6.38. The number of benzene rings is 1. The van der Waals surface area contributed by atoms with Crippen molar-refractivity contribution in [2.75, 3.05) is 32.7 Å². The molecule has 1 aromatic carbocycles. The summed E-state index contributed by atoms with van der Waals surface area (Å²) < 4.78 is 2.28. The van der Waals surface area contributed by atoms with E-state index in [1.807, 2.05) is 6.33 Å². The van der Waals surface area contributed by atoms with Gasteiger partial charge in [0, 0.05) is 26.2 Å². The molecule has 4 rings (SSSR count). The summed E-state index contributed by atoms with van der Waals surface area (Å²) in [5.74, 6) is 0. The zero-order valence-corrected chi connectivity index (χ0v) is 11.9. The van der Waals surface area contributed by atoms with Gasteiger partial charge >= 0.3 is 0 Å². The molecule has 2 aromatic rings. The maximum absolute atomic E-state index is 4.47. The van der Waals surface area contributed by atoms with Gasteiger partial charge in [0.15, 0.2) is 0 Å². The van der Waals surface area contributed by atoms with Crippen LogP contribution in [0.15, 0.2) is 30.6 Å². The van der Waals surface area contributed by atoms with Crippen molar-refractivity contribution in [1.82, 2.24) is 19.8 Å². The number of likely N-dealkylation sites (tertiary alicyclic amines) is 1. The Bertz CT molecular complexity index is 597. The first kappa shape index (κ1) is 12.4. The van der Waals surface area contributed by atoms with Gasteiger partial charge < -0.3 is 14.8 Å². The first-order valence-corrected chi connectivity index (χ1v) is 7.68. The fourth-order valence-electron chi connectivity index (χ4n) is 3.80. The molecular weight excluding hydrogens is 248 g/mol. The average Bonchev–Trinajstić information content (AvgIpc) is 3.19. The van der Waals surface area contributed by atoms with Crippen LogP contribution in [0.3, 0.4) is 0 Å². The molecule has 0 saturated carbocycles. The maximum atomic E-state index is 4.47. The summed E-state index contributed by atoms with van der Waals surface area (Å²) in [6, 6.07) is 8.39. The van der Waals surface area contributed by atoms with Crippen LogP contribution in [-0.2, 0) is 6.54 Å². The summed E-state index contributed by atoms with van der Waals surface area (Å²) in [4.78, 5) is 7.10. The molecule has 0 bridgehead atoms. The van der Waals surface area contributed by atoms with Gasteiger partial charge in [-0.3, -0.25) is 0 Å². The summed E-state index contributed by atoms with van der Waals surface area (Å²) in [5.41, 5.74) is 2.94. The quantitative estimate of drug-likeness (QED) is 0.922. The van der Waals surface area contributed by atoms with Gasteiger partial charge in [0.1, 0.15) is 0 Å². The lowest BCUT2D eigenvalue weighted by atomic mass is 9.87. The number of rotatable bonds is 3. The van der Waals surface area contributed by atoms with Crippen molar-refractivity contribution in [2.45, 2.75) is 19.4 Å². The number of hydrogen-bond donors (Lipinski definition) is 1. The molecule has 2 aliphatic heterocycles. The third kappa shape index (κ3) is 2.13. The molecule has 1 N–H and O–H groups in total. The van der Waals surface area contributed by atoms with Gasteiger partial charge in [-0.15, -0.1) is 0 Å². The zero-order valence-electron chi connectivity index (χ0n) is 11.9. The minimum absolute atomic E-state index is 0.580. The highest BCUT2D eigenvalue weighted by molar-refractivity contribution is 5.74. The predicted molar refractivity (Wildman–Crippen MR) is 80.7 cm³/mol. The Labute approximate surface area is 119 Å². The lowest BCUT2D eigenvalue weighted by Crippen LogP contribution is -2.31. The van der Waals surface area contributed by atoms with Gasteiger partial charge in [-0.25, -0.2) is 4.98 Å². The topological polar surface area (TPSA) is 33.1 Å². The van der Waals surface area contributed by atoms with Crippen molar-refractivity contribution in [3.05, 3.63) is 30.6 Å². The van der Waals surface area contributed by atoms with Gasteiger partial charge in [0.2, 0.25) is 0 Å². The highest BCUT2D eigenvalue weighted by Crippen LogP contribution is 2.35. The van der Waals surface area contributed by atoms with E-state index in [1.165, 1.54) is 44.5 Å². The molecule has 0 radical (unpaired) electrons. The third-order valence-electron chi connectivity index (χ3n) is 5.03. The van der Waals surface area contributed by atoms with E-state index in [-0.39, 0.29) is 0 Å². The van der Waals surface area contributed by atoms with Crippen LogP contribution in [0, 0.1) is 5.41 Å². The fraction of sp³-hybridized carbons (Fsp3) is 0.562. The highest BCUT2D eigenvalue weighted by atomic mass is 15.2. The van der Waals surface area contributed by atoms with Crippen LogP contribution >= 0.6 is 0 Å². The van der Waals surface area contributed by atoms with Crippen LogP contribution in [0.5, 0.6) is 0 Å². The molecule has 106 valence electrons. The Kier molecular flexibility index (Phi) is 3.00. The van der Waals surface area contributed by atoms with Crippen molar-refractivity contribution in [3.63, 3.8) is 0 Å². The van der Waals surface area contributed by atoms with Crippen LogP contribution in [0.4, 0.5) is 0 Å². The predicted octanol–water partition coefficient (Wildman–Crippen LogP) is 1.72. The summed E-state index contributed by atoms with van der Waals surface area (Å²) in [7, 11) is 0. The number of fused-ring (bicyclic) bond motifs is 1. The van der Waals surface area contributed by atoms with Crippen LogP contribution in [0.2, 0.25) is 0 Å². The number of nitrogens with zero attached hydrogens (tertiary/aromatic N) is 3. The van der Waals surface area contributed by atoms with E-state index in [0.717, 1.165) is 18.6 Å². The number of para-hydroxylation sites is 2. The van der Waals surface area contributed by atoms with E-state index >= 15 is 0 Å². The molecule has 1 atom stereocenters. The van der Waals surface area contributed by atoms with Gasteiger partial charge in [0.25, 0.3) is 0 Å². The molecular formula is C16H22N4. The first-order chi connectivity index (χ1) is 9.85. The number of aromatic nitrogens is 2. The molecule has 1 spiro atoms. The van der Waals surface area contributed by atoms with Gasteiger partial charge in [-0.1, -0.05) is 12.1 Å². The van der Waals surface area contributed by atoms with Gasteiger partial charge in [0.05, 0.1) is 17.4 Å². The second kappa shape index (κ2) is 4.86. The number of hydrogen-bond acceptors (Lipinski definition) is 3. The second-order valence-electron chi connectivity index (χ2n) is 6.38. The van der Waals surface area contributed by atoms with E-state index in [9.17, 15) is 0 Å². The molecule has 2 saturated heterocycles. The monoisotopic (exact) mass is 270 g/mol. The van der Waals surface area contributed by atoms with E-state index in [4.69, 9.17) is 0 Å². The Morgan fingerprint density at radius 2 is 2.15 bits per heavy atom. The SMILES string of the molecule is c1ccc2c(c1)ncn2CCN1CCC2(CCNC2)C1. The van der Waals surface area contributed by atoms with E-state index in [1.54, 1.807) is 0 Å². The lowest BCUT2D eigenvalue weighted by molar-refractivity contribution is 0.267. The smallest absolute Gasteiger partial charge is 0.0958 e. The molecule has 3 heterocycles. The van der Waals surface area contributed by atoms with Gasteiger partial charge in [-0.05, 0) is 43.5 Å². The molecule has 20 heavy (non-hydrogen) atoms. The fourth-order valence-corrected chi connectivity index (χ4v) is 3.80. The van der Waals surface area contributed by atoms with Crippen molar-refractivity contribution in [3.8, 4) is 0 Å². The molecule has 1 aromatic heterocycles. The van der Waals surface area contributed by atoms with Crippen molar-refractivity contribution in [2.24, 2.45) is 5.41 Å². The Morgan fingerprint density at radius 1 is 1.20 bits per heavy atom. The summed E-state index contributed by atoms with van der Waals surface area (Å²) in [6.45, 7) is 7.14. The van der Waals surface area contributed by atoms with E-state index < -0.39 is 0 Å². The Morgan fingerprint density at radius 3 is 3.05 bits per heavy atom. The van der Waals surface area contributed by atoms with E-state index in [0.29, 0.717) is 5.41 Å². The van der Waals surface area contributed by atoms with Crippen molar-refractivity contribution in [1.29, 1.82) is 0 Å².